The van der Waals surface area contributed by atoms with Crippen LogP contribution >= 0.6 is 11.8 Å². The molecule has 0 bridgehead atoms. The molecule has 0 radical (unpaired) electrons. The molecule has 1 unspecified atom stereocenters. The molecule has 2 fully saturated rings. The first-order valence-electron chi connectivity index (χ1n) is 12.6. The summed E-state index contributed by atoms with van der Waals surface area (Å²) in [6.45, 7) is 4.73. The Morgan fingerprint density at radius 3 is 2.24 bits per heavy atom. The van der Waals surface area contributed by atoms with Gasteiger partial charge in [0.05, 0.1) is 17.5 Å². The van der Waals surface area contributed by atoms with Crippen molar-refractivity contribution < 1.29 is 13.6 Å². The number of hydrogen-bond donors (Lipinski definition) is 2. The first kappa shape index (κ1) is 25.8. The molecule has 9 heteroatoms. The molecule has 3 heterocycles. The van der Waals surface area contributed by atoms with Gasteiger partial charge in [0.15, 0.2) is 0 Å². The highest BCUT2D eigenvalue weighted by Crippen LogP contribution is 2.32. The Balaban J connectivity index is 1.11. The predicted molar refractivity (Wildman–Crippen MR) is 142 cm³/mol. The quantitative estimate of drug-likeness (QED) is 0.471. The summed E-state index contributed by atoms with van der Waals surface area (Å²) >= 11 is 1.72. The summed E-state index contributed by atoms with van der Waals surface area (Å²) in [5.41, 5.74) is 3.06. The number of carbonyl (C=O) groups is 1. The van der Waals surface area contributed by atoms with Gasteiger partial charge in [-0.25, -0.2) is 8.78 Å². The predicted octanol–water partition coefficient (Wildman–Crippen LogP) is 3.59. The van der Waals surface area contributed by atoms with E-state index in [1.807, 2.05) is 18.3 Å². The van der Waals surface area contributed by atoms with Crippen LogP contribution in [0.25, 0.3) is 0 Å². The molecule has 2 aromatic carbocycles. The lowest BCUT2D eigenvalue weighted by Gasteiger charge is -2.39. The molecular formula is C28H31F2N5OS. The lowest BCUT2D eigenvalue weighted by Crippen LogP contribution is -2.50. The first-order chi connectivity index (χ1) is 18.1. The van der Waals surface area contributed by atoms with Crippen molar-refractivity contribution in [2.45, 2.75) is 17.5 Å². The van der Waals surface area contributed by atoms with Gasteiger partial charge in [0.1, 0.15) is 11.6 Å². The van der Waals surface area contributed by atoms with E-state index >= 15 is 0 Å². The number of thioether (sulfide) groups is 1. The second kappa shape index (κ2) is 12.1. The van der Waals surface area contributed by atoms with Crippen molar-refractivity contribution in [3.05, 3.63) is 101 Å². The molecule has 3 aromatic rings. The maximum Gasteiger partial charge on any atom is 0.238 e. The van der Waals surface area contributed by atoms with Crippen molar-refractivity contribution in [1.82, 2.24) is 25.4 Å². The summed E-state index contributed by atoms with van der Waals surface area (Å²) < 4.78 is 27.1. The number of hydrogen-bond acceptors (Lipinski definition) is 6. The Hall–Kier alpha value is -2.85. The zero-order valence-electron chi connectivity index (χ0n) is 20.5. The van der Waals surface area contributed by atoms with Gasteiger partial charge in [-0.3, -0.25) is 24.9 Å². The molecule has 37 heavy (non-hydrogen) atoms. The van der Waals surface area contributed by atoms with E-state index in [4.69, 9.17) is 0 Å². The van der Waals surface area contributed by atoms with Gasteiger partial charge < -0.3 is 5.32 Å². The minimum absolute atomic E-state index is 0.0326. The zero-order chi connectivity index (χ0) is 25.6. The van der Waals surface area contributed by atoms with E-state index < -0.39 is 0 Å². The molecular weight excluding hydrogens is 492 g/mol. The zero-order valence-corrected chi connectivity index (χ0v) is 21.3. The summed E-state index contributed by atoms with van der Waals surface area (Å²) in [6, 6.07) is 16.8. The third-order valence-corrected chi connectivity index (χ3v) is 8.22. The molecule has 2 saturated heterocycles. The summed E-state index contributed by atoms with van der Waals surface area (Å²) in [5.74, 6) is 0.225. The van der Waals surface area contributed by atoms with E-state index in [1.54, 1.807) is 42.2 Å². The Bertz CT molecular complexity index is 1110. The number of pyridine rings is 1. The summed E-state index contributed by atoms with van der Waals surface area (Å²) in [7, 11) is 0. The standard InChI is InChI=1S/C28H31F2N5OS/c29-23-7-3-20(4-8-23)26(21-5-9-24(30)10-6-21)35-16-14-34(15-17-35)13-12-32-27(36)25-19-37-28(33-25)22-2-1-11-31-18-22/h1-11,18,25-26,28,33H,12-17,19H2,(H,32,36)/t25-,28?/m0/s1. The number of nitrogens with one attached hydrogen (secondary N) is 2. The van der Waals surface area contributed by atoms with Crippen LogP contribution in [-0.4, -0.2) is 71.8 Å². The van der Waals surface area contributed by atoms with Crippen molar-refractivity contribution in [3.63, 3.8) is 0 Å². The van der Waals surface area contributed by atoms with Crippen LogP contribution in [0.1, 0.15) is 28.1 Å². The normalized spacial score (nSPS) is 20.8. The summed E-state index contributed by atoms with van der Waals surface area (Å²) in [4.78, 5) is 21.5. The second-order valence-corrected chi connectivity index (χ2v) is 10.5. The number of aromatic nitrogens is 1. The highest BCUT2D eigenvalue weighted by molar-refractivity contribution is 7.99. The van der Waals surface area contributed by atoms with Gasteiger partial charge in [0, 0.05) is 57.4 Å². The van der Waals surface area contributed by atoms with Crippen LogP contribution in [0.2, 0.25) is 0 Å². The molecule has 1 aromatic heterocycles. The van der Waals surface area contributed by atoms with Crippen LogP contribution in [0, 0.1) is 11.6 Å². The number of carbonyl (C=O) groups excluding carboxylic acids is 1. The molecule has 2 aliphatic heterocycles. The van der Waals surface area contributed by atoms with E-state index in [-0.39, 0.29) is 35.0 Å². The first-order valence-corrected chi connectivity index (χ1v) is 13.6. The van der Waals surface area contributed by atoms with Gasteiger partial charge in [-0.2, -0.15) is 0 Å². The summed E-state index contributed by atoms with van der Waals surface area (Å²) in [6.07, 6.45) is 3.58. The Morgan fingerprint density at radius 2 is 1.65 bits per heavy atom. The van der Waals surface area contributed by atoms with E-state index in [9.17, 15) is 13.6 Å². The fourth-order valence-electron chi connectivity index (χ4n) is 4.96. The Labute approximate surface area is 220 Å². The maximum absolute atomic E-state index is 13.6. The van der Waals surface area contributed by atoms with Crippen LogP contribution in [0.5, 0.6) is 0 Å². The molecule has 5 rings (SSSR count). The van der Waals surface area contributed by atoms with Gasteiger partial charge >= 0.3 is 0 Å². The number of amides is 1. The number of benzene rings is 2. The minimum atomic E-state index is -0.271. The van der Waals surface area contributed by atoms with Gasteiger partial charge in [-0.1, -0.05) is 30.3 Å². The van der Waals surface area contributed by atoms with Crippen molar-refractivity contribution in [1.29, 1.82) is 0 Å². The fraction of sp³-hybridized carbons (Fsp3) is 0.357. The summed E-state index contributed by atoms with van der Waals surface area (Å²) in [5, 5.41) is 6.57. The number of halogens is 2. The third-order valence-electron chi connectivity index (χ3n) is 6.96. The van der Waals surface area contributed by atoms with Gasteiger partial charge in [0.25, 0.3) is 0 Å². The fourth-order valence-corrected chi connectivity index (χ4v) is 6.18. The van der Waals surface area contributed by atoms with Crippen LogP contribution in [-0.2, 0) is 4.79 Å². The van der Waals surface area contributed by atoms with Gasteiger partial charge in [-0.15, -0.1) is 11.8 Å². The largest absolute Gasteiger partial charge is 0.353 e. The lowest BCUT2D eigenvalue weighted by atomic mass is 9.96. The average Bonchev–Trinajstić information content (AvgIpc) is 3.43. The molecule has 0 aliphatic carbocycles. The van der Waals surface area contributed by atoms with Gasteiger partial charge in [0.2, 0.25) is 5.91 Å². The molecule has 1 amide bonds. The molecule has 2 N–H and O–H groups in total. The van der Waals surface area contributed by atoms with Crippen LogP contribution < -0.4 is 10.6 Å². The monoisotopic (exact) mass is 523 g/mol. The number of piperazine rings is 1. The van der Waals surface area contributed by atoms with Crippen LogP contribution in [0.4, 0.5) is 8.78 Å². The molecule has 6 nitrogen and oxygen atoms in total. The van der Waals surface area contributed by atoms with Crippen molar-refractivity contribution in [3.8, 4) is 0 Å². The molecule has 0 spiro atoms. The second-order valence-electron chi connectivity index (χ2n) is 9.39. The topological polar surface area (TPSA) is 60.5 Å². The van der Waals surface area contributed by atoms with Crippen molar-refractivity contribution in [2.75, 3.05) is 45.0 Å². The van der Waals surface area contributed by atoms with E-state index in [1.165, 1.54) is 24.3 Å². The van der Waals surface area contributed by atoms with E-state index in [2.05, 4.69) is 25.4 Å². The number of nitrogens with zero attached hydrogens (tertiary/aromatic N) is 3. The Morgan fingerprint density at radius 1 is 1.00 bits per heavy atom. The molecule has 2 atom stereocenters. The van der Waals surface area contributed by atoms with Crippen LogP contribution in [0.15, 0.2) is 73.1 Å². The molecule has 2 aliphatic rings. The van der Waals surface area contributed by atoms with Crippen LogP contribution in [0.3, 0.4) is 0 Å². The third kappa shape index (κ3) is 6.54. The SMILES string of the molecule is O=C(NCCN1CCN(C(c2ccc(F)cc2)c2ccc(F)cc2)CC1)[C@@H]1CSC(c2cccnc2)N1. The van der Waals surface area contributed by atoms with Gasteiger partial charge in [-0.05, 0) is 47.0 Å². The molecule has 194 valence electrons. The van der Waals surface area contributed by atoms with E-state index in [0.29, 0.717) is 6.54 Å². The maximum atomic E-state index is 13.6. The van der Waals surface area contributed by atoms with Crippen molar-refractivity contribution >= 4 is 17.7 Å². The minimum Gasteiger partial charge on any atom is -0.353 e. The highest BCUT2D eigenvalue weighted by Gasteiger charge is 2.31. The lowest BCUT2D eigenvalue weighted by molar-refractivity contribution is -0.122. The molecule has 0 saturated carbocycles. The average molecular weight is 524 g/mol. The van der Waals surface area contributed by atoms with E-state index in [0.717, 1.165) is 55.2 Å². The van der Waals surface area contributed by atoms with Crippen molar-refractivity contribution in [2.24, 2.45) is 0 Å². The smallest absolute Gasteiger partial charge is 0.238 e. The number of rotatable bonds is 8. The highest BCUT2D eigenvalue weighted by atomic mass is 32.2. The Kier molecular flexibility index (Phi) is 8.45.